The molecular weight excluding hydrogens is 896 g/mol. The minimum absolute atomic E-state index is 0.00863. The predicted molar refractivity (Wildman–Crippen MR) is 248 cm³/mol. The van der Waals surface area contributed by atoms with E-state index in [-0.39, 0.29) is 16.7 Å². The number of nitrogens with zero attached hydrogens (tertiary/aromatic N) is 1. The Morgan fingerprint density at radius 3 is 2.29 bits per heavy atom. The van der Waals surface area contributed by atoms with Gasteiger partial charge >= 0.3 is 4.71 Å². The van der Waals surface area contributed by atoms with Gasteiger partial charge in [0, 0.05) is 59.1 Å². The Bertz CT molecular complexity index is 2410. The Balaban J connectivity index is 1.09. The number of anilines is 2. The molecule has 4 aromatic rings. The van der Waals surface area contributed by atoms with Crippen molar-refractivity contribution in [2.45, 2.75) is 77.8 Å². The summed E-state index contributed by atoms with van der Waals surface area (Å²) >= 11 is 12.8. The molecule has 17 heteroatoms. The van der Waals surface area contributed by atoms with E-state index in [4.69, 9.17) is 23.2 Å². The number of nitrogens with one attached hydrogen (secondary N) is 4. The molecule has 10 nitrogen and oxygen atoms in total. The average Bonchev–Trinajstić information content (AvgIpc) is 3.76. The maximum atomic E-state index is 14.5. The number of amides is 1. The Morgan fingerprint density at radius 1 is 0.919 bits per heavy atom. The number of likely N-dealkylation sites (tertiary alicyclic amines) is 1. The molecule has 2 aliphatic rings. The molecule has 334 valence electrons. The number of carbonyl (C=O) groups is 1. The lowest BCUT2D eigenvalue weighted by atomic mass is 9.72. The van der Waals surface area contributed by atoms with E-state index >= 15 is 0 Å². The molecule has 0 bridgehead atoms. The van der Waals surface area contributed by atoms with E-state index in [2.05, 4.69) is 46.8 Å². The van der Waals surface area contributed by atoms with Crippen molar-refractivity contribution in [3.05, 3.63) is 119 Å². The van der Waals surface area contributed by atoms with Gasteiger partial charge < -0.3 is 20.9 Å². The molecular formula is C45H53Cl2F2N5O5S3. The van der Waals surface area contributed by atoms with Crippen LogP contribution in [-0.2, 0) is 19.9 Å². The number of alkyl halides is 3. The van der Waals surface area contributed by atoms with Gasteiger partial charge in [0.25, 0.3) is 25.8 Å². The van der Waals surface area contributed by atoms with Gasteiger partial charge in [-0.15, -0.1) is 11.8 Å². The van der Waals surface area contributed by atoms with Crippen LogP contribution in [0.25, 0.3) is 5.57 Å². The van der Waals surface area contributed by atoms with Crippen LogP contribution in [0.5, 0.6) is 0 Å². The van der Waals surface area contributed by atoms with Crippen LogP contribution in [0.2, 0.25) is 5.02 Å². The van der Waals surface area contributed by atoms with Crippen molar-refractivity contribution in [2.24, 2.45) is 5.41 Å². The van der Waals surface area contributed by atoms with Crippen molar-refractivity contribution in [3.8, 4) is 0 Å². The Labute approximate surface area is 378 Å². The van der Waals surface area contributed by atoms with Gasteiger partial charge in [-0.1, -0.05) is 61.4 Å². The standard InChI is InChI=1S/C45H53Cl2F2N5O5S3/c1-44(2)22-20-34(40(29-44)32-10-14-35(46)15-11-32)30-50-23-24-51-36-16-12-33(13-17-36)43(55)53-62(58,59)39-18-19-41(42(28-39)61(56,57)45(47,48)49)52-37(21-27-54-25-6-7-26-54)31-60-38-8-4-3-5-9-38/h3-5,8-19,28,37,50-52H,6-7,20-27,29-31H2,1-2H3,(H,53,55)/t37-/m1/s1. The van der Waals surface area contributed by atoms with Crippen LogP contribution < -0.4 is 20.7 Å². The number of allylic oxidation sites excluding steroid dienone is 1. The third-order valence-electron chi connectivity index (χ3n) is 11.1. The molecule has 0 unspecified atom stereocenters. The molecule has 1 amide bonds. The van der Waals surface area contributed by atoms with E-state index in [9.17, 15) is 30.4 Å². The summed E-state index contributed by atoms with van der Waals surface area (Å²) in [5.74, 6) is -0.535. The van der Waals surface area contributed by atoms with E-state index < -0.39 is 46.3 Å². The van der Waals surface area contributed by atoms with Gasteiger partial charge in [0.1, 0.15) is 0 Å². The summed E-state index contributed by atoms with van der Waals surface area (Å²) < 4.78 is 79.7. The van der Waals surface area contributed by atoms with Crippen molar-refractivity contribution >= 4 is 77.7 Å². The number of benzene rings is 4. The topological polar surface area (TPSA) is 137 Å². The summed E-state index contributed by atoms with van der Waals surface area (Å²) in [6.07, 6.45) is 5.80. The largest absolute Gasteiger partial charge is 0.427 e. The zero-order valence-corrected chi connectivity index (χ0v) is 38.7. The lowest BCUT2D eigenvalue weighted by Crippen LogP contribution is -2.32. The van der Waals surface area contributed by atoms with Gasteiger partial charge in [0.2, 0.25) is 0 Å². The van der Waals surface area contributed by atoms with Crippen molar-refractivity contribution in [1.29, 1.82) is 0 Å². The quantitative estimate of drug-likeness (QED) is 0.0385. The highest BCUT2D eigenvalue weighted by Crippen LogP contribution is 2.43. The van der Waals surface area contributed by atoms with Gasteiger partial charge in [-0.25, -0.2) is 21.6 Å². The smallest absolute Gasteiger partial charge is 0.384 e. The SMILES string of the molecule is CC1(C)CCC(CNCCNc2ccc(C(=O)NS(=O)(=O)c3ccc(N[C@H](CCN4CCCC4)CSc4ccccc4)c(S(=O)(=O)C(F)(F)Cl)c3)cc2)=C(c2ccc(Cl)cc2)C1. The number of hydrogen-bond acceptors (Lipinski definition) is 10. The van der Waals surface area contributed by atoms with Crippen LogP contribution >= 0.6 is 35.0 Å². The van der Waals surface area contributed by atoms with Crippen LogP contribution in [0.1, 0.15) is 68.3 Å². The summed E-state index contributed by atoms with van der Waals surface area (Å²) in [7, 11) is -10.3. The Kier molecular flexibility index (Phi) is 16.1. The third kappa shape index (κ3) is 13.0. The molecule has 1 atom stereocenters. The first kappa shape index (κ1) is 47.8. The fourth-order valence-electron chi connectivity index (χ4n) is 7.61. The molecule has 1 heterocycles. The number of thioether (sulfide) groups is 1. The highest BCUT2D eigenvalue weighted by Gasteiger charge is 2.46. The summed E-state index contributed by atoms with van der Waals surface area (Å²) in [6.45, 7) is 9.13. The first-order valence-electron chi connectivity index (χ1n) is 20.6. The van der Waals surface area contributed by atoms with Crippen molar-refractivity contribution in [1.82, 2.24) is 14.9 Å². The minimum Gasteiger partial charge on any atom is -0.384 e. The normalized spacial score (nSPS) is 16.5. The molecule has 0 saturated carbocycles. The Hall–Kier alpha value is -3.70. The molecule has 1 aliphatic heterocycles. The number of rotatable bonds is 20. The zero-order chi connectivity index (χ0) is 44.5. The number of sulfonamides is 1. The zero-order valence-electron chi connectivity index (χ0n) is 34.7. The molecule has 0 radical (unpaired) electrons. The molecule has 0 aromatic heterocycles. The Morgan fingerprint density at radius 2 is 1.61 bits per heavy atom. The van der Waals surface area contributed by atoms with Crippen LogP contribution in [-0.4, -0.2) is 83.4 Å². The van der Waals surface area contributed by atoms with Gasteiger partial charge in [0.15, 0.2) is 0 Å². The average molecular weight is 949 g/mol. The van der Waals surface area contributed by atoms with E-state index in [1.807, 2.05) is 47.2 Å². The minimum atomic E-state index is -5.60. The van der Waals surface area contributed by atoms with Crippen molar-refractivity contribution in [3.63, 3.8) is 0 Å². The third-order valence-corrected chi connectivity index (χ3v) is 16.0. The predicted octanol–water partition coefficient (Wildman–Crippen LogP) is 9.75. The summed E-state index contributed by atoms with van der Waals surface area (Å²) in [5, 5.41) is 10.6. The molecule has 1 aliphatic carbocycles. The van der Waals surface area contributed by atoms with E-state index in [0.29, 0.717) is 48.6 Å². The molecule has 1 saturated heterocycles. The lowest BCUT2D eigenvalue weighted by molar-refractivity contribution is 0.0981. The second-order valence-electron chi connectivity index (χ2n) is 16.5. The van der Waals surface area contributed by atoms with Crippen molar-refractivity contribution in [2.75, 3.05) is 55.7 Å². The maximum Gasteiger partial charge on any atom is 0.427 e. The number of carbonyl (C=O) groups excluding carboxylic acids is 1. The molecule has 62 heavy (non-hydrogen) atoms. The highest BCUT2D eigenvalue weighted by atomic mass is 35.5. The lowest BCUT2D eigenvalue weighted by Gasteiger charge is -2.34. The van der Waals surface area contributed by atoms with Gasteiger partial charge in [-0.2, -0.15) is 8.78 Å². The van der Waals surface area contributed by atoms with Crippen molar-refractivity contribution < 1.29 is 30.4 Å². The molecule has 0 spiro atoms. The van der Waals surface area contributed by atoms with Crippen LogP contribution in [0.3, 0.4) is 0 Å². The summed E-state index contributed by atoms with van der Waals surface area (Å²) in [5.41, 5.74) is 4.62. The monoisotopic (exact) mass is 947 g/mol. The fraction of sp³-hybridized carbons (Fsp3) is 0.400. The van der Waals surface area contributed by atoms with E-state index in [1.165, 1.54) is 40.6 Å². The van der Waals surface area contributed by atoms with Crippen LogP contribution in [0.15, 0.2) is 117 Å². The van der Waals surface area contributed by atoms with Gasteiger partial charge in [0.05, 0.1) is 15.5 Å². The van der Waals surface area contributed by atoms with Gasteiger partial charge in [-0.05, 0) is 146 Å². The summed E-state index contributed by atoms with van der Waals surface area (Å²) in [6, 6.07) is 26.1. The number of sulfone groups is 1. The first-order valence-corrected chi connectivity index (χ1v) is 25.3. The fourth-order valence-corrected chi connectivity index (χ4v) is 11.0. The van der Waals surface area contributed by atoms with Crippen LogP contribution in [0, 0.1) is 5.41 Å². The van der Waals surface area contributed by atoms with E-state index in [0.717, 1.165) is 68.8 Å². The number of hydrogen-bond donors (Lipinski definition) is 4. The second-order valence-corrected chi connectivity index (χ2v) is 22.3. The first-order chi connectivity index (χ1) is 29.4. The number of halogens is 4. The molecule has 4 N–H and O–H groups in total. The second kappa shape index (κ2) is 20.9. The maximum absolute atomic E-state index is 14.5. The molecule has 1 fully saturated rings. The van der Waals surface area contributed by atoms with Gasteiger partial charge in [-0.3, -0.25) is 4.79 Å². The summed E-state index contributed by atoms with van der Waals surface area (Å²) in [4.78, 5) is 14.7. The molecule has 4 aromatic carbocycles. The van der Waals surface area contributed by atoms with Crippen LogP contribution in [0.4, 0.5) is 20.2 Å². The van der Waals surface area contributed by atoms with E-state index in [1.54, 1.807) is 12.1 Å². The highest BCUT2D eigenvalue weighted by molar-refractivity contribution is 7.99. The molecule has 6 rings (SSSR count).